The van der Waals surface area contributed by atoms with Crippen molar-refractivity contribution in [3.05, 3.63) is 24.3 Å². The Morgan fingerprint density at radius 3 is 1.92 bits per heavy atom. The van der Waals surface area contributed by atoms with Crippen LogP contribution >= 0.6 is 10.7 Å². The van der Waals surface area contributed by atoms with Crippen molar-refractivity contribution in [3.8, 4) is 0 Å². The van der Waals surface area contributed by atoms with Gasteiger partial charge in [-0.2, -0.15) is 0 Å². The molecule has 1 aromatic carbocycles. The zero-order chi connectivity index (χ0) is 10.1. The van der Waals surface area contributed by atoms with Gasteiger partial charge < -0.3 is 0 Å². The molecule has 0 aliphatic rings. The Morgan fingerprint density at radius 2 is 1.62 bits per heavy atom. The van der Waals surface area contributed by atoms with Gasteiger partial charge in [-0.3, -0.25) is 10.4 Å². The molecule has 0 unspecified atom stereocenters. The molecular weight excluding hydrogens is 218 g/mol. The molecule has 0 saturated heterocycles. The van der Waals surface area contributed by atoms with Crippen molar-refractivity contribution >= 4 is 25.4 Å². The predicted octanol–water partition coefficient (Wildman–Crippen LogP) is 1.20. The molecule has 2 N–H and O–H groups in total. The summed E-state index contributed by atoms with van der Waals surface area (Å²) in [6.07, 6.45) is 0. The number of anilines is 1. The second-order valence-electron chi connectivity index (χ2n) is 2.22. The summed E-state index contributed by atoms with van der Waals surface area (Å²) in [7, 11) is 1.27. The molecule has 0 saturated carbocycles. The van der Waals surface area contributed by atoms with Crippen LogP contribution in [0.3, 0.4) is 0 Å². The van der Waals surface area contributed by atoms with Crippen molar-refractivity contribution in [2.24, 2.45) is 0 Å². The fourth-order valence-electron chi connectivity index (χ4n) is 0.742. The van der Waals surface area contributed by atoms with Crippen LogP contribution in [0.2, 0.25) is 0 Å². The highest BCUT2D eigenvalue weighted by Crippen LogP contribution is 2.18. The van der Waals surface area contributed by atoms with Crippen molar-refractivity contribution in [1.82, 2.24) is 0 Å². The molecule has 0 heterocycles. The van der Waals surface area contributed by atoms with Crippen LogP contribution in [0.1, 0.15) is 0 Å². The first-order valence-corrected chi connectivity index (χ1v) is 5.45. The predicted molar refractivity (Wildman–Crippen MR) is 45.5 cm³/mol. The van der Waals surface area contributed by atoms with Crippen molar-refractivity contribution in [1.29, 1.82) is 0 Å². The van der Waals surface area contributed by atoms with Crippen molar-refractivity contribution < 1.29 is 18.8 Å². The first-order valence-electron chi connectivity index (χ1n) is 3.14. The van der Waals surface area contributed by atoms with E-state index in [0.29, 0.717) is 0 Å². The second kappa shape index (κ2) is 3.51. The monoisotopic (exact) mass is 223 g/mol. The van der Waals surface area contributed by atoms with E-state index in [4.69, 9.17) is 21.1 Å². The maximum Gasteiger partial charge on any atom is 0.261 e. The molecule has 0 atom stereocenters. The minimum Gasteiger partial charge on any atom is -0.264 e. The Morgan fingerprint density at radius 1 is 1.15 bits per heavy atom. The molecule has 5 nitrogen and oxygen atoms in total. The molecule has 13 heavy (non-hydrogen) atoms. The lowest BCUT2D eigenvalue weighted by Crippen LogP contribution is -2.10. The summed E-state index contributed by atoms with van der Waals surface area (Å²) in [5, 5.41) is 16.9. The molecule has 0 radical (unpaired) electrons. The molecule has 0 aliphatic carbocycles. The zero-order valence-electron chi connectivity index (χ0n) is 6.25. The molecule has 0 fully saturated rings. The highest BCUT2D eigenvalue weighted by molar-refractivity contribution is 8.13. The van der Waals surface area contributed by atoms with Crippen LogP contribution in [0.15, 0.2) is 29.2 Å². The maximum atomic E-state index is 10.7. The third kappa shape index (κ3) is 2.56. The SMILES string of the molecule is O=S(=O)(Cl)c1ccc(N(O)O)cc1. The van der Waals surface area contributed by atoms with Gasteiger partial charge >= 0.3 is 0 Å². The zero-order valence-corrected chi connectivity index (χ0v) is 7.83. The molecule has 0 amide bonds. The van der Waals surface area contributed by atoms with E-state index < -0.39 is 9.05 Å². The fourth-order valence-corrected chi connectivity index (χ4v) is 1.51. The van der Waals surface area contributed by atoms with Gasteiger partial charge in [-0.1, -0.05) is 0 Å². The first kappa shape index (κ1) is 10.3. The number of nitrogens with zero attached hydrogens (tertiary/aromatic N) is 1. The summed E-state index contributed by atoms with van der Waals surface area (Å²) in [5.74, 6) is 0. The van der Waals surface area contributed by atoms with Gasteiger partial charge in [-0.15, -0.1) is 5.23 Å². The van der Waals surface area contributed by atoms with E-state index in [-0.39, 0.29) is 15.8 Å². The van der Waals surface area contributed by atoms with Gasteiger partial charge in [0.2, 0.25) is 0 Å². The van der Waals surface area contributed by atoms with Crippen molar-refractivity contribution in [2.45, 2.75) is 4.90 Å². The molecule has 72 valence electrons. The van der Waals surface area contributed by atoms with Gasteiger partial charge in [0.25, 0.3) is 9.05 Å². The third-order valence-electron chi connectivity index (χ3n) is 1.35. The summed E-state index contributed by atoms with van der Waals surface area (Å²) in [6, 6.07) is 4.73. The largest absolute Gasteiger partial charge is 0.264 e. The topological polar surface area (TPSA) is 77.8 Å². The summed E-state index contributed by atoms with van der Waals surface area (Å²) >= 11 is 0. The van der Waals surface area contributed by atoms with E-state index >= 15 is 0 Å². The van der Waals surface area contributed by atoms with Crippen molar-refractivity contribution in [2.75, 3.05) is 5.23 Å². The van der Waals surface area contributed by atoms with E-state index in [9.17, 15) is 8.42 Å². The van der Waals surface area contributed by atoms with E-state index in [1.165, 1.54) is 12.1 Å². The van der Waals surface area contributed by atoms with E-state index in [1.54, 1.807) is 0 Å². The minimum absolute atomic E-state index is 0.0454. The highest BCUT2D eigenvalue weighted by Gasteiger charge is 2.09. The Labute approximate surface area is 79.1 Å². The normalized spacial score (nSPS) is 11.3. The molecule has 0 spiro atoms. The Bertz CT molecular complexity index is 386. The van der Waals surface area contributed by atoms with Crippen LogP contribution in [0.5, 0.6) is 0 Å². The van der Waals surface area contributed by atoms with Crippen LogP contribution in [0.25, 0.3) is 0 Å². The highest BCUT2D eigenvalue weighted by atomic mass is 35.7. The lowest BCUT2D eigenvalue weighted by atomic mass is 10.3. The Balaban J connectivity index is 3.08. The molecule has 0 aromatic heterocycles. The van der Waals surface area contributed by atoms with Crippen molar-refractivity contribution in [3.63, 3.8) is 0 Å². The number of hydrogen-bond acceptors (Lipinski definition) is 5. The number of halogens is 1. The van der Waals surface area contributed by atoms with Gasteiger partial charge in [-0.05, 0) is 24.3 Å². The van der Waals surface area contributed by atoms with Gasteiger partial charge in [0.15, 0.2) is 0 Å². The molecule has 0 aliphatic heterocycles. The fraction of sp³-hybridized carbons (Fsp3) is 0. The Hall–Kier alpha value is -0.820. The summed E-state index contributed by atoms with van der Waals surface area (Å²) in [5.41, 5.74) is 0.0454. The summed E-state index contributed by atoms with van der Waals surface area (Å²) in [4.78, 5) is -0.0974. The molecule has 7 heteroatoms. The molecule has 1 aromatic rings. The molecular formula is C6H6ClNO4S. The standard InChI is InChI=1S/C6H6ClNO4S/c7-13(11,12)6-3-1-5(2-4-6)8(9)10/h1-4,9-10H. The van der Waals surface area contributed by atoms with Gasteiger partial charge in [0, 0.05) is 10.7 Å². The van der Waals surface area contributed by atoms with Crippen LogP contribution in [0, 0.1) is 0 Å². The van der Waals surface area contributed by atoms with Crippen LogP contribution in [-0.4, -0.2) is 18.8 Å². The summed E-state index contributed by atoms with van der Waals surface area (Å²) in [6.45, 7) is 0. The minimum atomic E-state index is -3.75. The smallest absolute Gasteiger partial charge is 0.261 e. The lowest BCUT2D eigenvalue weighted by Gasteiger charge is -2.06. The van der Waals surface area contributed by atoms with Crippen LogP contribution in [0.4, 0.5) is 5.69 Å². The van der Waals surface area contributed by atoms with Gasteiger partial charge in [-0.25, -0.2) is 8.42 Å². The Kier molecular flexibility index (Phi) is 2.77. The first-order chi connectivity index (χ1) is 5.91. The third-order valence-corrected chi connectivity index (χ3v) is 2.72. The lowest BCUT2D eigenvalue weighted by molar-refractivity contribution is 0.0291. The average molecular weight is 224 g/mol. The van der Waals surface area contributed by atoms with E-state index in [1.807, 2.05) is 0 Å². The van der Waals surface area contributed by atoms with E-state index in [0.717, 1.165) is 12.1 Å². The number of rotatable bonds is 2. The molecule has 0 bridgehead atoms. The number of benzene rings is 1. The quantitative estimate of drug-likeness (QED) is 0.582. The van der Waals surface area contributed by atoms with E-state index in [2.05, 4.69) is 0 Å². The summed E-state index contributed by atoms with van der Waals surface area (Å²) < 4.78 is 21.5. The average Bonchev–Trinajstić information content (AvgIpc) is 2.03. The van der Waals surface area contributed by atoms with Crippen LogP contribution < -0.4 is 5.23 Å². The maximum absolute atomic E-state index is 10.7. The van der Waals surface area contributed by atoms with Crippen LogP contribution in [-0.2, 0) is 9.05 Å². The second-order valence-corrected chi connectivity index (χ2v) is 4.79. The van der Waals surface area contributed by atoms with Gasteiger partial charge in [0.1, 0.15) is 0 Å². The number of hydrogen-bond donors (Lipinski definition) is 2. The molecule has 1 rings (SSSR count). The van der Waals surface area contributed by atoms with Gasteiger partial charge in [0.05, 0.1) is 10.6 Å².